The molecule has 0 bridgehead atoms. The quantitative estimate of drug-likeness (QED) is 0.169. The van der Waals surface area contributed by atoms with E-state index in [0.717, 1.165) is 11.6 Å². The summed E-state index contributed by atoms with van der Waals surface area (Å²) in [4.78, 5) is 32.7. The second-order valence-corrected chi connectivity index (χ2v) is 8.55. The molecule has 0 unspecified atom stereocenters. The number of nitrogens with one attached hydrogen (secondary N) is 3. The third-order valence-electron chi connectivity index (χ3n) is 5.58. The van der Waals surface area contributed by atoms with Crippen molar-refractivity contribution < 1.29 is 23.8 Å². The van der Waals surface area contributed by atoms with Gasteiger partial charge < -0.3 is 25.6 Å². The number of rotatable bonds is 7. The van der Waals surface area contributed by atoms with Crippen LogP contribution in [0.3, 0.4) is 0 Å². The van der Waals surface area contributed by atoms with Crippen molar-refractivity contribution in [1.29, 1.82) is 5.41 Å². The third-order valence-corrected chi connectivity index (χ3v) is 5.58. The van der Waals surface area contributed by atoms with Crippen molar-refractivity contribution in [3.05, 3.63) is 87.9 Å². The van der Waals surface area contributed by atoms with E-state index in [4.69, 9.17) is 30.5 Å². The van der Waals surface area contributed by atoms with Crippen molar-refractivity contribution >= 4 is 17.5 Å². The summed E-state index contributed by atoms with van der Waals surface area (Å²) in [6.07, 6.45) is 3.69. The van der Waals surface area contributed by atoms with Crippen molar-refractivity contribution in [2.24, 2.45) is 5.73 Å². The molecule has 208 valence electrons. The van der Waals surface area contributed by atoms with Crippen LogP contribution in [-0.2, 0) is 11.5 Å². The largest absolute Gasteiger partial charge is 0.490 e. The summed E-state index contributed by atoms with van der Waals surface area (Å²) in [5, 5.41) is 22.8. The Morgan fingerprint density at radius 2 is 1.90 bits per heavy atom. The van der Waals surface area contributed by atoms with Crippen LogP contribution in [0, 0.1) is 5.41 Å². The molecule has 14 heteroatoms. The van der Waals surface area contributed by atoms with Crippen LogP contribution in [0.15, 0.2) is 59.7 Å². The topological polar surface area (TPSA) is 194 Å². The minimum absolute atomic E-state index is 0.0560. The van der Waals surface area contributed by atoms with Crippen LogP contribution < -0.4 is 26.2 Å². The number of halogens is 1. The minimum atomic E-state index is -0.833. The Morgan fingerprint density at radius 1 is 1.23 bits per heavy atom. The Morgan fingerprint density at radius 3 is 2.55 bits per heavy atom. The van der Waals surface area contributed by atoms with Crippen molar-refractivity contribution in [3.63, 3.8) is 0 Å². The zero-order valence-electron chi connectivity index (χ0n) is 21.4. The van der Waals surface area contributed by atoms with Crippen LogP contribution in [0.5, 0.6) is 11.5 Å². The number of carbonyl (C=O) groups is 1. The predicted octanol–water partition coefficient (Wildman–Crippen LogP) is 2.56. The number of aromatic nitrogens is 5. The van der Waals surface area contributed by atoms with Crippen molar-refractivity contribution in [2.75, 3.05) is 18.5 Å². The highest BCUT2D eigenvalue weighted by Gasteiger charge is 2.25. The predicted molar refractivity (Wildman–Crippen MR) is 143 cm³/mol. The molecule has 0 spiro atoms. The molecule has 6 N–H and O–H groups in total. The minimum Gasteiger partial charge on any atom is -0.490 e. The number of H-pyrrole nitrogens is 1. The van der Waals surface area contributed by atoms with Gasteiger partial charge in [-0.15, -0.1) is 9.78 Å². The van der Waals surface area contributed by atoms with Gasteiger partial charge in [-0.3, -0.25) is 15.2 Å². The van der Waals surface area contributed by atoms with E-state index < -0.39 is 24.4 Å². The van der Waals surface area contributed by atoms with Gasteiger partial charge in [-0.2, -0.15) is 0 Å². The number of fused-ring (bicyclic) bond motifs is 1. The first-order valence-corrected chi connectivity index (χ1v) is 12.1. The summed E-state index contributed by atoms with van der Waals surface area (Å²) in [5.74, 6) is 0.268. The Bertz CT molecular complexity index is 1540. The number of carboxylic acid groups (broad SMARTS) is 1. The molecular formula is C26H27FN8O5. The van der Waals surface area contributed by atoms with Crippen LogP contribution in [0.4, 0.5) is 10.1 Å². The number of hydrogen-bond donors (Lipinski definition) is 5. The Kier molecular flexibility index (Phi) is 8.69. The standard InChI is InChI=1S/C24H23FN8O3.C2H4O2/c25-13-16-11-15(12-18-20(16)36-10-2-9-35-18)19(30-17-5-3-14(4-6-17)21(26)27)22-31-24(34)33(32-22)23-28-7-1-8-29-23;1-2(3)4/h1,3-8,11-12,19,30H,2,9-10,13H2,(H3,26,27)(H,31,32,34);1H3,(H,3,4)/t19-;/m0./s1. The molecule has 1 aliphatic heterocycles. The molecule has 40 heavy (non-hydrogen) atoms. The van der Waals surface area contributed by atoms with E-state index in [0.29, 0.717) is 53.5 Å². The van der Waals surface area contributed by atoms with Crippen LogP contribution in [0.25, 0.3) is 5.95 Å². The fourth-order valence-electron chi connectivity index (χ4n) is 3.86. The molecule has 1 aliphatic rings. The Labute approximate surface area is 227 Å². The van der Waals surface area contributed by atoms with Gasteiger partial charge in [0.1, 0.15) is 18.6 Å². The molecule has 13 nitrogen and oxygen atoms in total. The summed E-state index contributed by atoms with van der Waals surface area (Å²) in [6, 6.07) is 11.2. The summed E-state index contributed by atoms with van der Waals surface area (Å²) < 4.78 is 26.7. The van der Waals surface area contributed by atoms with Gasteiger partial charge in [-0.1, -0.05) is 0 Å². The van der Waals surface area contributed by atoms with Gasteiger partial charge >= 0.3 is 5.69 Å². The van der Waals surface area contributed by atoms with Crippen LogP contribution in [-0.4, -0.2) is 54.9 Å². The summed E-state index contributed by atoms with van der Waals surface area (Å²) in [5.41, 5.74) is 7.18. The molecule has 0 amide bonds. The Balaban J connectivity index is 0.000000867. The molecule has 3 heterocycles. The summed E-state index contributed by atoms with van der Waals surface area (Å²) >= 11 is 0. The fourth-order valence-corrected chi connectivity index (χ4v) is 3.86. The van der Waals surface area contributed by atoms with Gasteiger partial charge in [0.2, 0.25) is 0 Å². The zero-order chi connectivity index (χ0) is 28.6. The lowest BCUT2D eigenvalue weighted by atomic mass is 10.0. The molecule has 2 aromatic carbocycles. The smallest absolute Gasteiger partial charge is 0.350 e. The van der Waals surface area contributed by atoms with E-state index in [1.54, 1.807) is 42.5 Å². The first-order valence-electron chi connectivity index (χ1n) is 12.1. The number of nitrogen functional groups attached to an aromatic ring is 1. The normalized spacial score (nSPS) is 12.8. The molecule has 2 aromatic heterocycles. The maximum atomic E-state index is 14.0. The number of anilines is 1. The van der Waals surface area contributed by atoms with E-state index in [9.17, 15) is 9.18 Å². The zero-order valence-corrected chi connectivity index (χ0v) is 21.4. The lowest BCUT2D eigenvalue weighted by Crippen LogP contribution is -2.18. The second-order valence-electron chi connectivity index (χ2n) is 8.55. The van der Waals surface area contributed by atoms with Gasteiger partial charge in [0, 0.05) is 42.6 Å². The van der Waals surface area contributed by atoms with Crippen LogP contribution >= 0.6 is 0 Å². The van der Waals surface area contributed by atoms with Gasteiger partial charge in [0.15, 0.2) is 17.3 Å². The van der Waals surface area contributed by atoms with Crippen LogP contribution in [0.2, 0.25) is 0 Å². The number of nitrogens with zero attached hydrogens (tertiary/aromatic N) is 4. The highest BCUT2D eigenvalue weighted by molar-refractivity contribution is 5.95. The van der Waals surface area contributed by atoms with Gasteiger partial charge in [-0.25, -0.2) is 19.2 Å². The maximum absolute atomic E-state index is 14.0. The number of aromatic amines is 1. The lowest BCUT2D eigenvalue weighted by Gasteiger charge is -2.21. The average molecular weight is 551 g/mol. The first kappa shape index (κ1) is 27.8. The van der Waals surface area contributed by atoms with Gasteiger partial charge in [0.05, 0.1) is 13.2 Å². The summed E-state index contributed by atoms with van der Waals surface area (Å²) in [6.45, 7) is 1.18. The number of ether oxygens (including phenoxy) is 2. The summed E-state index contributed by atoms with van der Waals surface area (Å²) in [7, 11) is 0. The van der Waals surface area contributed by atoms with Gasteiger partial charge in [-0.05, 0) is 48.0 Å². The molecule has 4 aromatic rings. The van der Waals surface area contributed by atoms with E-state index in [2.05, 4.69) is 25.4 Å². The average Bonchev–Trinajstić information content (AvgIpc) is 3.16. The Hall–Kier alpha value is -5.27. The van der Waals surface area contributed by atoms with Crippen molar-refractivity contribution in [3.8, 4) is 17.4 Å². The lowest BCUT2D eigenvalue weighted by molar-refractivity contribution is -0.134. The van der Waals surface area contributed by atoms with E-state index in [1.807, 2.05) is 0 Å². The molecule has 1 atom stereocenters. The fraction of sp³-hybridized carbons (Fsp3) is 0.231. The molecule has 0 saturated carbocycles. The molecule has 5 rings (SSSR count). The number of benzene rings is 2. The van der Waals surface area contributed by atoms with Crippen molar-refractivity contribution in [1.82, 2.24) is 24.7 Å². The second kappa shape index (κ2) is 12.5. The van der Waals surface area contributed by atoms with E-state index in [-0.39, 0.29) is 17.6 Å². The highest BCUT2D eigenvalue weighted by atomic mass is 19.1. The molecule has 0 saturated heterocycles. The molecule has 0 fully saturated rings. The molecule has 0 aliphatic carbocycles. The van der Waals surface area contributed by atoms with Gasteiger partial charge in [0.25, 0.3) is 11.9 Å². The number of alkyl halides is 1. The van der Waals surface area contributed by atoms with E-state index in [1.165, 1.54) is 12.4 Å². The number of carboxylic acids is 1. The number of aliphatic carboxylic acids is 1. The molecular weight excluding hydrogens is 523 g/mol. The number of hydrogen-bond acceptors (Lipinski definition) is 9. The number of nitrogens with two attached hydrogens (primary N) is 1. The van der Waals surface area contributed by atoms with Crippen molar-refractivity contribution in [2.45, 2.75) is 26.1 Å². The monoisotopic (exact) mass is 550 g/mol. The third kappa shape index (κ3) is 6.59. The molecule has 0 radical (unpaired) electrons. The van der Waals surface area contributed by atoms with Crippen LogP contribution in [0.1, 0.15) is 41.9 Å². The highest BCUT2D eigenvalue weighted by Crippen LogP contribution is 2.38. The SMILES string of the molecule is CC(=O)O.N=C(N)c1ccc(N[C@@H](c2cc(CF)c3c(c2)OCCCO3)c2nn(-c3ncccn3)c(=O)[nH]2)cc1. The van der Waals surface area contributed by atoms with E-state index >= 15 is 0 Å². The maximum Gasteiger partial charge on any atom is 0.350 e. The number of amidine groups is 1. The first-order chi connectivity index (χ1) is 19.3.